The zero-order chi connectivity index (χ0) is 36.9. The largest absolute Gasteiger partial charge is 0.354 e. The van der Waals surface area contributed by atoms with Gasteiger partial charge in [0.1, 0.15) is 6.17 Å². The third kappa shape index (κ3) is 6.03. The van der Waals surface area contributed by atoms with Gasteiger partial charge in [-0.05, 0) is 76.4 Å². The predicted octanol–water partition coefficient (Wildman–Crippen LogP) is 11.8. The molecule has 5 nitrogen and oxygen atoms in total. The van der Waals surface area contributed by atoms with E-state index in [-0.39, 0.29) is 18.2 Å². The van der Waals surface area contributed by atoms with Crippen molar-refractivity contribution in [1.29, 1.82) is 0 Å². The first-order valence-electron chi connectivity index (χ1n) is 19.3. The van der Waals surface area contributed by atoms with Crippen LogP contribution in [-0.2, 0) is 0 Å². The van der Waals surface area contributed by atoms with Gasteiger partial charge in [0.25, 0.3) is 0 Å². The zero-order valence-electron chi connectivity index (χ0n) is 30.8. The first-order chi connectivity index (χ1) is 27.1. The first kappa shape index (κ1) is 33.3. The molecule has 8 aromatic rings. The molecule has 10 rings (SSSR count). The maximum Gasteiger partial charge on any atom is 0.109 e. The van der Waals surface area contributed by atoms with Crippen LogP contribution < -0.4 is 16.5 Å². The molecule has 4 unspecified atom stereocenters. The quantitative estimate of drug-likeness (QED) is 0.130. The summed E-state index contributed by atoms with van der Waals surface area (Å²) in [5, 5.41) is 11.0. The predicted molar refractivity (Wildman–Crippen MR) is 229 cm³/mol. The van der Waals surface area contributed by atoms with Gasteiger partial charge in [-0.25, -0.2) is 10.4 Å². The number of nitrogens with two attached hydrogens (primary N) is 1. The molecule has 0 bridgehead atoms. The highest BCUT2D eigenvalue weighted by molar-refractivity contribution is 6.13. The third-order valence-electron chi connectivity index (χ3n) is 11.4. The lowest BCUT2D eigenvalue weighted by Crippen LogP contribution is -2.28. The lowest BCUT2D eigenvalue weighted by molar-refractivity contribution is 0.313. The highest BCUT2D eigenvalue weighted by atomic mass is 15.8. The molecular weight excluding hydrogens is 671 g/mol. The first-order valence-corrected chi connectivity index (χ1v) is 19.3. The number of rotatable bonds is 9. The summed E-state index contributed by atoms with van der Waals surface area (Å²) >= 11 is 0. The molecule has 0 spiro atoms. The Morgan fingerprint density at radius 3 is 2.09 bits per heavy atom. The fourth-order valence-corrected chi connectivity index (χ4v) is 8.75. The normalized spacial score (nSPS) is 19.0. The fraction of sp³-hybridized carbons (Fsp3) is 0.120. The van der Waals surface area contributed by atoms with Crippen molar-refractivity contribution in [2.45, 2.75) is 31.6 Å². The zero-order valence-corrected chi connectivity index (χ0v) is 30.8. The van der Waals surface area contributed by atoms with Crippen LogP contribution in [0.4, 0.5) is 11.4 Å². The Kier molecular flexibility index (Phi) is 8.41. The van der Waals surface area contributed by atoms with Crippen LogP contribution in [0.1, 0.15) is 36.6 Å². The van der Waals surface area contributed by atoms with Crippen LogP contribution in [0.15, 0.2) is 188 Å². The SMILES string of the molecule is CC1C=CC=C(C2NN2C(c2ccccc2)[C@@H](N)c2ccc(Nc3cc4c(cc3-c3ccccc3)c3ccccc3n4-c3ccccc3)c3ccccc23)C1. The lowest BCUT2D eigenvalue weighted by atomic mass is 9.89. The van der Waals surface area contributed by atoms with Crippen molar-refractivity contribution in [3.05, 3.63) is 199 Å². The van der Waals surface area contributed by atoms with Crippen molar-refractivity contribution in [2.24, 2.45) is 11.7 Å². The molecule has 0 saturated carbocycles. The summed E-state index contributed by atoms with van der Waals surface area (Å²) in [5.41, 5.74) is 22.7. The molecule has 5 heteroatoms. The smallest absolute Gasteiger partial charge is 0.109 e. The van der Waals surface area contributed by atoms with E-state index < -0.39 is 0 Å². The summed E-state index contributed by atoms with van der Waals surface area (Å²) in [7, 11) is 0. The number of hydrogen-bond donors (Lipinski definition) is 3. The van der Waals surface area contributed by atoms with Crippen LogP contribution in [0.5, 0.6) is 0 Å². The van der Waals surface area contributed by atoms with E-state index in [1.54, 1.807) is 0 Å². The van der Waals surface area contributed by atoms with E-state index >= 15 is 0 Å². The monoisotopic (exact) mass is 713 g/mol. The van der Waals surface area contributed by atoms with Crippen molar-refractivity contribution in [3.63, 3.8) is 0 Å². The molecule has 0 amide bonds. The van der Waals surface area contributed by atoms with Crippen molar-refractivity contribution in [3.8, 4) is 16.8 Å². The van der Waals surface area contributed by atoms with Crippen LogP contribution in [0.25, 0.3) is 49.4 Å². The Balaban J connectivity index is 1.09. The lowest BCUT2D eigenvalue weighted by Gasteiger charge is -2.28. The molecule has 1 aromatic heterocycles. The van der Waals surface area contributed by atoms with E-state index in [9.17, 15) is 0 Å². The Morgan fingerprint density at radius 2 is 1.33 bits per heavy atom. The van der Waals surface area contributed by atoms with Gasteiger partial charge in [-0.3, -0.25) is 0 Å². The van der Waals surface area contributed by atoms with Crippen LogP contribution in [0, 0.1) is 5.92 Å². The second kappa shape index (κ2) is 13.9. The van der Waals surface area contributed by atoms with Crippen molar-refractivity contribution < 1.29 is 0 Å². The Hall–Kier alpha value is -6.24. The standard InChI is InChI=1S/C50H43N5/c1-33-16-15-21-36(30-33)50-53-55(50)49(35-19-7-3-8-20-35)48(51)41-28-29-44(39-25-12-11-24-38(39)41)52-45-32-47-43(31-42(45)34-17-5-2-6-18-34)40-26-13-14-27-46(40)54(47)37-22-9-4-10-23-37/h2-29,31-33,48-50,52-53H,30,51H2,1H3/t33?,48-,49?,50?,55?/m0/s1. The van der Waals surface area contributed by atoms with Gasteiger partial charge in [-0.2, -0.15) is 0 Å². The number of anilines is 2. The highest BCUT2D eigenvalue weighted by Gasteiger charge is 2.45. The maximum atomic E-state index is 7.43. The number of hydrogen-bond acceptors (Lipinski definition) is 4. The topological polar surface area (TPSA) is 67.9 Å². The van der Waals surface area contributed by atoms with E-state index in [4.69, 9.17) is 5.73 Å². The van der Waals surface area contributed by atoms with Gasteiger partial charge in [-0.1, -0.05) is 153 Å². The molecule has 55 heavy (non-hydrogen) atoms. The van der Waals surface area contributed by atoms with Gasteiger partial charge >= 0.3 is 0 Å². The van der Waals surface area contributed by atoms with Crippen LogP contribution >= 0.6 is 0 Å². The summed E-state index contributed by atoms with van der Waals surface area (Å²) in [5.74, 6) is 0.530. The molecule has 2 heterocycles. The molecule has 5 atom stereocenters. The Morgan fingerprint density at radius 1 is 0.655 bits per heavy atom. The Labute approximate surface area is 322 Å². The number of fused-ring (bicyclic) bond motifs is 4. The molecule has 1 saturated heterocycles. The maximum absolute atomic E-state index is 7.43. The van der Waals surface area contributed by atoms with E-state index in [2.05, 4.69) is 209 Å². The number of aromatic nitrogens is 1. The van der Waals surface area contributed by atoms with Crippen LogP contribution in [-0.4, -0.2) is 15.7 Å². The van der Waals surface area contributed by atoms with Gasteiger partial charge in [-0.15, -0.1) is 0 Å². The number of nitrogens with one attached hydrogen (secondary N) is 2. The minimum Gasteiger partial charge on any atom is -0.354 e. The summed E-state index contributed by atoms with van der Waals surface area (Å²) in [6.45, 7) is 2.28. The van der Waals surface area contributed by atoms with Gasteiger partial charge in [0.2, 0.25) is 0 Å². The molecule has 1 aliphatic heterocycles. The minimum atomic E-state index is -0.284. The summed E-state index contributed by atoms with van der Waals surface area (Å²) in [6.07, 6.45) is 7.96. The van der Waals surface area contributed by atoms with E-state index in [1.165, 1.54) is 27.4 Å². The van der Waals surface area contributed by atoms with Crippen molar-refractivity contribution in [1.82, 2.24) is 15.0 Å². The van der Waals surface area contributed by atoms with Crippen molar-refractivity contribution in [2.75, 3.05) is 5.32 Å². The van der Waals surface area contributed by atoms with Gasteiger partial charge in [0, 0.05) is 38.8 Å². The molecule has 268 valence electrons. The summed E-state index contributed by atoms with van der Waals surface area (Å²) in [4.78, 5) is 0. The van der Waals surface area contributed by atoms with E-state index in [0.717, 1.165) is 56.5 Å². The molecule has 7 aromatic carbocycles. The molecule has 4 N–H and O–H groups in total. The summed E-state index contributed by atoms with van der Waals surface area (Å²) in [6, 6.07) is 58.2. The second-order valence-electron chi connectivity index (χ2n) is 15.0. The van der Waals surface area contributed by atoms with Gasteiger partial charge in [0.05, 0.1) is 23.1 Å². The minimum absolute atomic E-state index is 0.0532. The number of para-hydroxylation sites is 2. The average Bonchev–Trinajstić information content (AvgIpc) is 3.96. The number of nitrogens with zero attached hydrogens (tertiary/aromatic N) is 2. The van der Waals surface area contributed by atoms with E-state index in [0.29, 0.717) is 5.92 Å². The van der Waals surface area contributed by atoms with Crippen molar-refractivity contribution >= 4 is 44.0 Å². The van der Waals surface area contributed by atoms with E-state index in [1.807, 2.05) is 0 Å². The number of benzene rings is 7. The van der Waals surface area contributed by atoms with Gasteiger partial charge in [0.15, 0.2) is 0 Å². The van der Waals surface area contributed by atoms with Gasteiger partial charge < -0.3 is 15.6 Å². The molecule has 0 radical (unpaired) electrons. The second-order valence-corrected chi connectivity index (χ2v) is 15.0. The van der Waals surface area contributed by atoms with Crippen LogP contribution in [0.3, 0.4) is 0 Å². The third-order valence-corrected chi connectivity index (χ3v) is 11.4. The molecule has 1 aliphatic carbocycles. The summed E-state index contributed by atoms with van der Waals surface area (Å²) < 4.78 is 2.38. The molecular formula is C50H43N5. The van der Waals surface area contributed by atoms with Crippen LogP contribution in [0.2, 0.25) is 0 Å². The highest BCUT2D eigenvalue weighted by Crippen LogP contribution is 2.45. The molecule has 1 fully saturated rings. The number of allylic oxidation sites excluding steroid dienone is 3. The Bertz CT molecular complexity index is 2730. The fourth-order valence-electron chi connectivity index (χ4n) is 8.75. The molecule has 2 aliphatic rings. The number of hydrazine groups is 1. The average molecular weight is 714 g/mol.